The van der Waals surface area contributed by atoms with Crippen LogP contribution in [0.4, 0.5) is 5.69 Å². The second-order valence-electron chi connectivity index (χ2n) is 7.20. The molecule has 0 aromatic heterocycles. The highest BCUT2D eigenvalue weighted by atomic mass is 16.1. The molecule has 0 bridgehead atoms. The molecule has 1 aromatic rings. The molecule has 1 aliphatic rings. The van der Waals surface area contributed by atoms with E-state index in [4.69, 9.17) is 0 Å². The summed E-state index contributed by atoms with van der Waals surface area (Å²) in [6, 6.07) is 8.16. The number of carbonyl (C=O) groups excluding carboxylic acids is 1. The van der Waals surface area contributed by atoms with Crippen LogP contribution in [0.15, 0.2) is 36.5 Å². The number of nitrogens with one attached hydrogen (secondary N) is 1. The predicted molar refractivity (Wildman–Crippen MR) is 89.2 cm³/mol. The Morgan fingerprint density at radius 1 is 1.24 bits per heavy atom. The topological polar surface area (TPSA) is 29.1 Å². The van der Waals surface area contributed by atoms with E-state index in [2.05, 4.69) is 52.1 Å². The minimum atomic E-state index is -0.252. The number of rotatable bonds is 4. The van der Waals surface area contributed by atoms with Gasteiger partial charge in [0.05, 0.1) is 0 Å². The summed E-state index contributed by atoms with van der Waals surface area (Å²) in [7, 11) is 0. The second-order valence-corrected chi connectivity index (χ2v) is 7.20. The summed E-state index contributed by atoms with van der Waals surface area (Å²) >= 11 is 0. The minimum Gasteiger partial charge on any atom is -0.362 e. The van der Waals surface area contributed by atoms with Crippen LogP contribution in [-0.2, 0) is 4.79 Å². The van der Waals surface area contributed by atoms with E-state index in [9.17, 15) is 4.79 Å². The lowest BCUT2D eigenvalue weighted by molar-refractivity contribution is -0.128. The number of hydrogen-bond donors (Lipinski definition) is 1. The van der Waals surface area contributed by atoms with Gasteiger partial charge in [-0.05, 0) is 49.3 Å². The van der Waals surface area contributed by atoms with Gasteiger partial charge < -0.3 is 5.32 Å². The maximum absolute atomic E-state index is 12.6. The quantitative estimate of drug-likeness (QED) is 0.793. The number of anilines is 1. The van der Waals surface area contributed by atoms with E-state index in [1.54, 1.807) is 12.3 Å². The number of aryl methyl sites for hydroxylation is 1. The smallest absolute Gasteiger partial charge is 0.163 e. The first-order valence-electron chi connectivity index (χ1n) is 7.81. The summed E-state index contributed by atoms with van der Waals surface area (Å²) in [5, 5.41) is 3.18. The zero-order chi connectivity index (χ0) is 15.7. The standard InChI is InChI=1S/C19H27NO/c1-14-6-8-16(9-7-14)20-13-11-17(21)19(5)12-10-15(2)18(19,3)4/h6-9,11,13,15,20H,10,12H2,1-5H3/t15-,19-/m0/s1. The van der Waals surface area contributed by atoms with Gasteiger partial charge in [-0.1, -0.05) is 45.4 Å². The number of allylic oxidation sites excluding steroid dienone is 1. The molecule has 0 saturated heterocycles. The fourth-order valence-corrected chi connectivity index (χ4v) is 3.22. The highest BCUT2D eigenvalue weighted by Crippen LogP contribution is 2.56. The molecule has 114 valence electrons. The van der Waals surface area contributed by atoms with Crippen LogP contribution in [0.25, 0.3) is 0 Å². The molecular weight excluding hydrogens is 258 g/mol. The van der Waals surface area contributed by atoms with E-state index in [0.717, 1.165) is 18.5 Å². The lowest BCUT2D eigenvalue weighted by Crippen LogP contribution is -2.39. The first-order valence-corrected chi connectivity index (χ1v) is 7.81. The normalized spacial score (nSPS) is 28.0. The van der Waals surface area contributed by atoms with Gasteiger partial charge in [0.2, 0.25) is 0 Å². The minimum absolute atomic E-state index is 0.0539. The largest absolute Gasteiger partial charge is 0.362 e. The fraction of sp³-hybridized carbons (Fsp3) is 0.526. The molecule has 21 heavy (non-hydrogen) atoms. The van der Waals surface area contributed by atoms with Crippen molar-refractivity contribution >= 4 is 11.5 Å². The molecule has 1 N–H and O–H groups in total. The molecule has 2 heteroatoms. The second kappa shape index (κ2) is 5.67. The van der Waals surface area contributed by atoms with Crippen molar-refractivity contribution < 1.29 is 4.79 Å². The average molecular weight is 285 g/mol. The van der Waals surface area contributed by atoms with Crippen LogP contribution in [0, 0.1) is 23.7 Å². The van der Waals surface area contributed by atoms with Gasteiger partial charge >= 0.3 is 0 Å². The lowest BCUT2D eigenvalue weighted by Gasteiger charge is -2.39. The third-order valence-corrected chi connectivity index (χ3v) is 5.81. The van der Waals surface area contributed by atoms with Crippen LogP contribution in [0.2, 0.25) is 0 Å². The zero-order valence-electron chi connectivity index (χ0n) is 13.9. The van der Waals surface area contributed by atoms with E-state index < -0.39 is 0 Å². The highest BCUT2D eigenvalue weighted by Gasteiger charge is 2.52. The Morgan fingerprint density at radius 3 is 2.38 bits per heavy atom. The molecule has 0 unspecified atom stereocenters. The summed E-state index contributed by atoms with van der Waals surface area (Å²) in [4.78, 5) is 12.6. The first kappa shape index (κ1) is 15.8. The van der Waals surface area contributed by atoms with Crippen molar-refractivity contribution in [2.45, 2.75) is 47.5 Å². The van der Waals surface area contributed by atoms with Crippen molar-refractivity contribution in [2.24, 2.45) is 16.7 Å². The van der Waals surface area contributed by atoms with Crippen LogP contribution in [-0.4, -0.2) is 5.78 Å². The molecule has 0 radical (unpaired) electrons. The van der Waals surface area contributed by atoms with E-state index in [1.165, 1.54) is 5.56 Å². The average Bonchev–Trinajstić information content (AvgIpc) is 2.65. The fourth-order valence-electron chi connectivity index (χ4n) is 3.22. The first-order chi connectivity index (χ1) is 9.77. The van der Waals surface area contributed by atoms with E-state index >= 15 is 0 Å². The molecule has 1 saturated carbocycles. The summed E-state index contributed by atoms with van der Waals surface area (Å²) in [6.07, 6.45) is 5.60. The van der Waals surface area contributed by atoms with Crippen molar-refractivity contribution in [3.63, 3.8) is 0 Å². The number of carbonyl (C=O) groups is 1. The summed E-state index contributed by atoms with van der Waals surface area (Å²) in [6.45, 7) is 10.9. The molecule has 1 aliphatic carbocycles. The summed E-state index contributed by atoms with van der Waals surface area (Å²) in [5.41, 5.74) is 2.04. The third-order valence-electron chi connectivity index (χ3n) is 5.81. The molecule has 2 nitrogen and oxygen atoms in total. The van der Waals surface area contributed by atoms with Crippen molar-refractivity contribution in [3.8, 4) is 0 Å². The van der Waals surface area contributed by atoms with Gasteiger partial charge in [0.25, 0.3) is 0 Å². The van der Waals surface area contributed by atoms with Gasteiger partial charge in [-0.3, -0.25) is 4.79 Å². The van der Waals surface area contributed by atoms with Crippen molar-refractivity contribution in [3.05, 3.63) is 42.1 Å². The Morgan fingerprint density at radius 2 is 1.86 bits per heavy atom. The Hall–Kier alpha value is -1.57. The van der Waals surface area contributed by atoms with Crippen molar-refractivity contribution in [1.29, 1.82) is 0 Å². The SMILES string of the molecule is Cc1ccc(NC=CC(=O)[C@]2(C)CC[C@H](C)C2(C)C)cc1. The van der Waals surface area contributed by atoms with E-state index in [0.29, 0.717) is 5.92 Å². The van der Waals surface area contributed by atoms with E-state index in [-0.39, 0.29) is 16.6 Å². The van der Waals surface area contributed by atoms with E-state index in [1.807, 2.05) is 12.1 Å². The van der Waals surface area contributed by atoms with Gasteiger partial charge in [0.1, 0.15) is 0 Å². The molecule has 0 spiro atoms. The maximum Gasteiger partial charge on any atom is 0.163 e. The van der Waals surface area contributed by atoms with Crippen LogP contribution >= 0.6 is 0 Å². The zero-order valence-corrected chi connectivity index (χ0v) is 13.9. The molecule has 1 aromatic carbocycles. The Kier molecular flexibility index (Phi) is 4.27. The highest BCUT2D eigenvalue weighted by molar-refractivity contribution is 5.95. The van der Waals surface area contributed by atoms with Crippen LogP contribution in [0.3, 0.4) is 0 Å². The molecule has 1 fully saturated rings. The third kappa shape index (κ3) is 2.90. The van der Waals surface area contributed by atoms with Gasteiger partial charge in [0.15, 0.2) is 5.78 Å². The monoisotopic (exact) mass is 285 g/mol. The number of ketones is 1. The summed E-state index contributed by atoms with van der Waals surface area (Å²) in [5.74, 6) is 0.821. The molecule has 0 heterocycles. The van der Waals surface area contributed by atoms with Gasteiger partial charge in [-0.2, -0.15) is 0 Å². The predicted octanol–water partition coefficient (Wildman–Crippen LogP) is 4.95. The molecule has 0 amide bonds. The van der Waals surface area contributed by atoms with Crippen LogP contribution in [0.1, 0.15) is 46.1 Å². The van der Waals surface area contributed by atoms with Gasteiger partial charge in [-0.25, -0.2) is 0 Å². The van der Waals surface area contributed by atoms with Crippen LogP contribution < -0.4 is 5.32 Å². The Balaban J connectivity index is 2.04. The Labute approximate surface area is 128 Å². The lowest BCUT2D eigenvalue weighted by atomic mass is 9.64. The molecule has 2 rings (SSSR count). The van der Waals surface area contributed by atoms with Crippen LogP contribution in [0.5, 0.6) is 0 Å². The molecular formula is C19H27NO. The number of hydrogen-bond acceptors (Lipinski definition) is 2. The summed E-state index contributed by atoms with van der Waals surface area (Å²) < 4.78 is 0. The maximum atomic E-state index is 12.6. The van der Waals surface area contributed by atoms with Crippen molar-refractivity contribution in [2.75, 3.05) is 5.32 Å². The molecule has 0 aliphatic heterocycles. The van der Waals surface area contributed by atoms with Gasteiger partial charge in [0, 0.05) is 17.3 Å². The van der Waals surface area contributed by atoms with Gasteiger partial charge in [-0.15, -0.1) is 0 Å². The number of benzene rings is 1. The Bertz CT molecular complexity index is 541. The van der Waals surface area contributed by atoms with Crippen molar-refractivity contribution in [1.82, 2.24) is 0 Å². The molecule has 2 atom stereocenters.